The molecule has 3 nitrogen and oxygen atoms in total. The molecule has 5 heteroatoms. The standard InChI is InChI=1S/C14H17BrFNO2/c1-2-19-11-5-7-17(8-6-11)14(18)12-4-3-10(16)9-13(12)15/h3-4,9,11H,2,5-8H2,1H3. The van der Waals surface area contributed by atoms with Gasteiger partial charge in [-0.15, -0.1) is 0 Å². The third-order valence-electron chi connectivity index (χ3n) is 3.29. The van der Waals surface area contributed by atoms with Gasteiger partial charge in [-0.1, -0.05) is 0 Å². The summed E-state index contributed by atoms with van der Waals surface area (Å²) >= 11 is 3.24. The van der Waals surface area contributed by atoms with Crippen LogP contribution in [0.4, 0.5) is 4.39 Å². The molecule has 1 fully saturated rings. The van der Waals surface area contributed by atoms with E-state index in [-0.39, 0.29) is 17.8 Å². The lowest BCUT2D eigenvalue weighted by Crippen LogP contribution is -2.41. The number of amides is 1. The van der Waals surface area contributed by atoms with Crippen LogP contribution in [-0.2, 0) is 4.74 Å². The minimum Gasteiger partial charge on any atom is -0.378 e. The van der Waals surface area contributed by atoms with E-state index in [1.54, 1.807) is 4.90 Å². The second-order valence-electron chi connectivity index (χ2n) is 4.57. The molecule has 1 aromatic carbocycles. The van der Waals surface area contributed by atoms with Crippen LogP contribution in [0.2, 0.25) is 0 Å². The molecule has 0 aliphatic carbocycles. The number of nitrogens with zero attached hydrogens (tertiary/aromatic N) is 1. The molecule has 0 N–H and O–H groups in total. The van der Waals surface area contributed by atoms with Gasteiger partial charge in [-0.2, -0.15) is 0 Å². The van der Waals surface area contributed by atoms with Crippen LogP contribution in [0.5, 0.6) is 0 Å². The van der Waals surface area contributed by atoms with Gasteiger partial charge < -0.3 is 9.64 Å². The Morgan fingerprint density at radius 2 is 2.16 bits per heavy atom. The fraction of sp³-hybridized carbons (Fsp3) is 0.500. The van der Waals surface area contributed by atoms with E-state index >= 15 is 0 Å². The van der Waals surface area contributed by atoms with Crippen LogP contribution in [0.15, 0.2) is 22.7 Å². The molecule has 0 bridgehead atoms. The molecule has 1 heterocycles. The number of benzene rings is 1. The summed E-state index contributed by atoms with van der Waals surface area (Å²) < 4.78 is 19.1. The Hall–Kier alpha value is -0.940. The summed E-state index contributed by atoms with van der Waals surface area (Å²) in [4.78, 5) is 14.1. The Labute approximate surface area is 120 Å². The van der Waals surface area contributed by atoms with Gasteiger partial charge >= 0.3 is 0 Å². The summed E-state index contributed by atoms with van der Waals surface area (Å²) in [6.45, 7) is 4.07. The van der Waals surface area contributed by atoms with Crippen LogP contribution in [0, 0.1) is 5.82 Å². The molecule has 1 amide bonds. The molecule has 2 rings (SSSR count). The zero-order valence-electron chi connectivity index (χ0n) is 10.9. The van der Waals surface area contributed by atoms with Crippen molar-refractivity contribution in [1.29, 1.82) is 0 Å². The predicted molar refractivity (Wildman–Crippen MR) is 74.7 cm³/mol. The molecule has 0 atom stereocenters. The normalized spacial score (nSPS) is 16.7. The van der Waals surface area contributed by atoms with Crippen LogP contribution in [-0.4, -0.2) is 36.6 Å². The molecule has 0 aromatic heterocycles. The third-order valence-corrected chi connectivity index (χ3v) is 3.95. The van der Waals surface area contributed by atoms with Crippen molar-refractivity contribution < 1.29 is 13.9 Å². The minimum atomic E-state index is -0.349. The lowest BCUT2D eigenvalue weighted by Gasteiger charge is -2.32. The fourth-order valence-electron chi connectivity index (χ4n) is 2.29. The van der Waals surface area contributed by atoms with Crippen LogP contribution in [0.1, 0.15) is 30.1 Å². The van der Waals surface area contributed by atoms with E-state index in [0.29, 0.717) is 29.7 Å². The summed E-state index contributed by atoms with van der Waals surface area (Å²) in [5.41, 5.74) is 0.510. The van der Waals surface area contributed by atoms with Gasteiger partial charge in [0.1, 0.15) is 5.82 Å². The molecule has 104 valence electrons. The molecular weight excluding hydrogens is 313 g/mol. The molecule has 0 radical (unpaired) electrons. The van der Waals surface area contributed by atoms with E-state index in [4.69, 9.17) is 4.74 Å². The number of carbonyl (C=O) groups is 1. The topological polar surface area (TPSA) is 29.5 Å². The van der Waals surface area contributed by atoms with Crippen molar-refractivity contribution in [3.8, 4) is 0 Å². The summed E-state index contributed by atoms with van der Waals surface area (Å²) in [6, 6.07) is 4.15. The molecule has 19 heavy (non-hydrogen) atoms. The molecule has 1 aliphatic rings. The van der Waals surface area contributed by atoms with Crippen molar-refractivity contribution in [1.82, 2.24) is 4.90 Å². The number of hydrogen-bond donors (Lipinski definition) is 0. The van der Waals surface area contributed by atoms with Gasteiger partial charge in [-0.25, -0.2) is 4.39 Å². The monoisotopic (exact) mass is 329 g/mol. The van der Waals surface area contributed by atoms with E-state index in [9.17, 15) is 9.18 Å². The first kappa shape index (κ1) is 14.5. The van der Waals surface area contributed by atoms with Crippen molar-refractivity contribution in [3.63, 3.8) is 0 Å². The van der Waals surface area contributed by atoms with Gasteiger partial charge in [0, 0.05) is 24.2 Å². The maximum Gasteiger partial charge on any atom is 0.255 e. The lowest BCUT2D eigenvalue weighted by atomic mass is 10.1. The van der Waals surface area contributed by atoms with Gasteiger partial charge in [0.2, 0.25) is 0 Å². The number of piperidine rings is 1. The van der Waals surface area contributed by atoms with Crippen LogP contribution >= 0.6 is 15.9 Å². The maximum atomic E-state index is 13.0. The SMILES string of the molecule is CCOC1CCN(C(=O)c2ccc(F)cc2Br)CC1. The van der Waals surface area contributed by atoms with Crippen molar-refractivity contribution in [2.75, 3.05) is 19.7 Å². The van der Waals surface area contributed by atoms with Crippen molar-refractivity contribution >= 4 is 21.8 Å². The largest absolute Gasteiger partial charge is 0.378 e. The minimum absolute atomic E-state index is 0.0539. The predicted octanol–water partition coefficient (Wildman–Crippen LogP) is 3.23. The average Bonchev–Trinajstić information content (AvgIpc) is 2.39. The summed E-state index contributed by atoms with van der Waals surface area (Å²) in [7, 11) is 0. The first-order valence-corrected chi connectivity index (χ1v) is 7.27. The number of likely N-dealkylation sites (tertiary alicyclic amines) is 1. The van der Waals surface area contributed by atoms with Gasteiger partial charge in [-0.05, 0) is 53.9 Å². The van der Waals surface area contributed by atoms with Crippen LogP contribution in [0.25, 0.3) is 0 Å². The highest BCUT2D eigenvalue weighted by molar-refractivity contribution is 9.10. The lowest BCUT2D eigenvalue weighted by molar-refractivity contribution is 0.0146. The Balaban J connectivity index is 2.01. The number of halogens is 2. The van der Waals surface area contributed by atoms with E-state index in [0.717, 1.165) is 12.8 Å². The van der Waals surface area contributed by atoms with Gasteiger partial charge in [0.15, 0.2) is 0 Å². The Morgan fingerprint density at radius 3 is 2.74 bits per heavy atom. The van der Waals surface area contributed by atoms with E-state index in [1.807, 2.05) is 6.92 Å². The quantitative estimate of drug-likeness (QED) is 0.852. The number of rotatable bonds is 3. The number of ether oxygens (including phenoxy) is 1. The van der Waals surface area contributed by atoms with E-state index in [1.165, 1.54) is 18.2 Å². The highest BCUT2D eigenvalue weighted by Gasteiger charge is 2.24. The zero-order valence-corrected chi connectivity index (χ0v) is 12.5. The summed E-state index contributed by atoms with van der Waals surface area (Å²) in [5, 5.41) is 0. The van der Waals surface area contributed by atoms with E-state index in [2.05, 4.69) is 15.9 Å². The van der Waals surface area contributed by atoms with Crippen LogP contribution < -0.4 is 0 Å². The molecule has 1 aromatic rings. The van der Waals surface area contributed by atoms with Crippen LogP contribution in [0.3, 0.4) is 0 Å². The Bertz CT molecular complexity index is 459. The highest BCUT2D eigenvalue weighted by atomic mass is 79.9. The zero-order chi connectivity index (χ0) is 13.8. The van der Waals surface area contributed by atoms with Crippen molar-refractivity contribution in [2.24, 2.45) is 0 Å². The van der Waals surface area contributed by atoms with Gasteiger partial charge in [0.25, 0.3) is 5.91 Å². The first-order chi connectivity index (χ1) is 9.11. The highest BCUT2D eigenvalue weighted by Crippen LogP contribution is 2.22. The molecule has 1 saturated heterocycles. The smallest absolute Gasteiger partial charge is 0.255 e. The van der Waals surface area contributed by atoms with Crippen molar-refractivity contribution in [3.05, 3.63) is 34.1 Å². The number of carbonyl (C=O) groups excluding carboxylic acids is 1. The average molecular weight is 330 g/mol. The summed E-state index contributed by atoms with van der Waals surface area (Å²) in [5.74, 6) is -0.402. The molecular formula is C14H17BrFNO2. The Morgan fingerprint density at radius 1 is 1.47 bits per heavy atom. The second-order valence-corrected chi connectivity index (χ2v) is 5.43. The number of hydrogen-bond acceptors (Lipinski definition) is 2. The molecule has 0 saturated carbocycles. The fourth-order valence-corrected chi connectivity index (χ4v) is 2.81. The van der Waals surface area contributed by atoms with Gasteiger partial charge in [0.05, 0.1) is 11.7 Å². The third kappa shape index (κ3) is 3.54. The summed E-state index contributed by atoms with van der Waals surface area (Å²) in [6.07, 6.45) is 1.97. The van der Waals surface area contributed by atoms with E-state index < -0.39 is 0 Å². The van der Waals surface area contributed by atoms with Gasteiger partial charge in [-0.3, -0.25) is 4.79 Å². The molecule has 1 aliphatic heterocycles. The maximum absolute atomic E-state index is 13.0. The first-order valence-electron chi connectivity index (χ1n) is 6.47. The molecule has 0 spiro atoms. The molecule has 0 unspecified atom stereocenters. The Kier molecular flexibility index (Phi) is 4.93. The van der Waals surface area contributed by atoms with Crippen molar-refractivity contribution in [2.45, 2.75) is 25.9 Å². The second kappa shape index (κ2) is 6.48.